The molecule has 10 heteroatoms. The van der Waals surface area contributed by atoms with Crippen LogP contribution in [0.1, 0.15) is 6.92 Å². The van der Waals surface area contributed by atoms with E-state index in [4.69, 9.17) is 9.47 Å². The molecular weight excluding hydrogens is 362 g/mol. The van der Waals surface area contributed by atoms with Gasteiger partial charge in [0.25, 0.3) is 0 Å². The van der Waals surface area contributed by atoms with Gasteiger partial charge in [-0.3, -0.25) is 0 Å². The molecule has 4 rings (SSSR count). The number of ether oxygens (including phenoxy) is 2. The molecule has 0 N–H and O–H groups in total. The summed E-state index contributed by atoms with van der Waals surface area (Å²) in [6, 6.07) is 7.51. The molecule has 1 amide bonds. The average molecular weight is 383 g/mol. The number of fused-ring (bicyclic) bond motifs is 1. The van der Waals surface area contributed by atoms with E-state index >= 15 is 0 Å². The number of carbonyl (C=O) groups is 1. The molecule has 1 aromatic carbocycles. The van der Waals surface area contributed by atoms with Crippen molar-refractivity contribution in [2.24, 2.45) is 0 Å². The van der Waals surface area contributed by atoms with Crippen LogP contribution in [0.2, 0.25) is 0 Å². The third-order valence-electron chi connectivity index (χ3n) is 4.64. The van der Waals surface area contributed by atoms with E-state index in [2.05, 4.69) is 25.2 Å². The number of piperazine rings is 1. The molecule has 0 spiro atoms. The first-order valence-corrected chi connectivity index (χ1v) is 9.08. The van der Waals surface area contributed by atoms with E-state index in [0.717, 1.165) is 11.4 Å². The van der Waals surface area contributed by atoms with Gasteiger partial charge >= 0.3 is 6.09 Å². The second-order valence-electron chi connectivity index (χ2n) is 6.24. The maximum atomic E-state index is 11.9. The lowest BCUT2D eigenvalue weighted by molar-refractivity contribution is 0.105. The van der Waals surface area contributed by atoms with E-state index in [9.17, 15) is 4.79 Å². The van der Waals surface area contributed by atoms with E-state index in [1.165, 1.54) is 6.33 Å². The fourth-order valence-corrected chi connectivity index (χ4v) is 3.18. The quantitative estimate of drug-likeness (QED) is 0.668. The van der Waals surface area contributed by atoms with Gasteiger partial charge in [-0.2, -0.15) is 4.68 Å². The van der Waals surface area contributed by atoms with Crippen LogP contribution in [0.15, 0.2) is 30.6 Å². The first-order chi connectivity index (χ1) is 13.7. The lowest BCUT2D eigenvalue weighted by atomic mass is 10.3. The number of nitrogens with zero attached hydrogens (tertiary/aromatic N) is 7. The summed E-state index contributed by atoms with van der Waals surface area (Å²) < 4.78 is 11.9. The van der Waals surface area contributed by atoms with Crippen LogP contribution in [-0.2, 0) is 4.74 Å². The van der Waals surface area contributed by atoms with Gasteiger partial charge in [-0.25, -0.2) is 14.8 Å². The number of hydrogen-bond donors (Lipinski definition) is 0. The molecule has 1 aliphatic rings. The average Bonchev–Trinajstić information content (AvgIpc) is 3.18. The fraction of sp³-hybridized carbons (Fsp3) is 0.389. The second-order valence-corrected chi connectivity index (χ2v) is 6.24. The summed E-state index contributed by atoms with van der Waals surface area (Å²) >= 11 is 0. The molecule has 0 aliphatic carbocycles. The van der Waals surface area contributed by atoms with Gasteiger partial charge in [0.05, 0.1) is 19.4 Å². The molecule has 1 aliphatic heterocycles. The van der Waals surface area contributed by atoms with Crippen molar-refractivity contribution < 1.29 is 14.3 Å². The molecule has 0 bridgehead atoms. The number of benzene rings is 1. The zero-order valence-electron chi connectivity index (χ0n) is 15.8. The van der Waals surface area contributed by atoms with Crippen LogP contribution in [0, 0.1) is 0 Å². The number of aromatic nitrogens is 5. The minimum atomic E-state index is -0.277. The van der Waals surface area contributed by atoms with Gasteiger partial charge in [-0.15, -0.1) is 5.10 Å². The van der Waals surface area contributed by atoms with Crippen molar-refractivity contribution in [3.63, 3.8) is 0 Å². The number of anilines is 1. The van der Waals surface area contributed by atoms with Crippen LogP contribution < -0.4 is 9.64 Å². The predicted molar refractivity (Wildman–Crippen MR) is 102 cm³/mol. The molecule has 1 saturated heterocycles. The molecule has 0 radical (unpaired) electrons. The molecule has 1 fully saturated rings. The van der Waals surface area contributed by atoms with Gasteiger partial charge in [-0.1, -0.05) is 5.21 Å². The molecule has 0 atom stereocenters. The highest BCUT2D eigenvalue weighted by Gasteiger charge is 2.25. The Morgan fingerprint density at radius 1 is 1.11 bits per heavy atom. The summed E-state index contributed by atoms with van der Waals surface area (Å²) in [6.07, 6.45) is 1.24. The predicted octanol–water partition coefficient (Wildman–Crippen LogP) is 1.50. The Morgan fingerprint density at radius 2 is 1.86 bits per heavy atom. The fourth-order valence-electron chi connectivity index (χ4n) is 3.18. The number of rotatable bonds is 4. The van der Waals surface area contributed by atoms with Crippen molar-refractivity contribution in [2.75, 3.05) is 44.8 Å². The zero-order valence-corrected chi connectivity index (χ0v) is 15.8. The molecule has 0 saturated carbocycles. The van der Waals surface area contributed by atoms with E-state index in [-0.39, 0.29) is 6.09 Å². The van der Waals surface area contributed by atoms with E-state index in [1.54, 1.807) is 23.6 Å². The minimum Gasteiger partial charge on any atom is -0.497 e. The summed E-state index contributed by atoms with van der Waals surface area (Å²) in [7, 11) is 1.63. The molecule has 0 unspecified atom stereocenters. The maximum absolute atomic E-state index is 11.9. The molecule has 146 valence electrons. The highest BCUT2D eigenvalue weighted by molar-refractivity contribution is 5.83. The standard InChI is InChI=1S/C18H21N7O3/c1-3-28-18(26)24-10-8-23(9-11-24)16-15-17(20-12-19-16)25(22-21-15)13-4-6-14(27-2)7-5-13/h4-7,12H,3,8-11H2,1-2H3. The summed E-state index contributed by atoms with van der Waals surface area (Å²) in [6.45, 7) is 4.59. The smallest absolute Gasteiger partial charge is 0.409 e. The largest absolute Gasteiger partial charge is 0.497 e. The zero-order chi connectivity index (χ0) is 19.5. The molecule has 28 heavy (non-hydrogen) atoms. The number of methoxy groups -OCH3 is 1. The van der Waals surface area contributed by atoms with Crippen LogP contribution in [0.5, 0.6) is 5.75 Å². The van der Waals surface area contributed by atoms with Crippen molar-refractivity contribution in [2.45, 2.75) is 6.92 Å². The lowest BCUT2D eigenvalue weighted by Gasteiger charge is -2.34. The molecule has 2 aromatic heterocycles. The molecular formula is C18H21N7O3. The van der Waals surface area contributed by atoms with E-state index < -0.39 is 0 Å². The van der Waals surface area contributed by atoms with Crippen LogP contribution in [0.25, 0.3) is 16.9 Å². The van der Waals surface area contributed by atoms with E-state index in [1.807, 2.05) is 24.3 Å². The van der Waals surface area contributed by atoms with Crippen molar-refractivity contribution in [1.29, 1.82) is 0 Å². The molecule has 3 aromatic rings. The van der Waals surface area contributed by atoms with Crippen LogP contribution >= 0.6 is 0 Å². The first-order valence-electron chi connectivity index (χ1n) is 9.08. The highest BCUT2D eigenvalue weighted by atomic mass is 16.6. The summed E-state index contributed by atoms with van der Waals surface area (Å²) in [5, 5.41) is 8.56. The Kier molecular flexibility index (Phi) is 4.92. The van der Waals surface area contributed by atoms with Crippen LogP contribution in [0.4, 0.5) is 10.6 Å². The van der Waals surface area contributed by atoms with Crippen molar-refractivity contribution in [3.8, 4) is 11.4 Å². The van der Waals surface area contributed by atoms with Crippen molar-refractivity contribution in [3.05, 3.63) is 30.6 Å². The van der Waals surface area contributed by atoms with Crippen LogP contribution in [0.3, 0.4) is 0 Å². The Labute approximate surface area is 161 Å². The third kappa shape index (κ3) is 3.28. The normalized spacial score (nSPS) is 14.4. The monoisotopic (exact) mass is 383 g/mol. The van der Waals surface area contributed by atoms with Gasteiger partial charge in [0.15, 0.2) is 17.0 Å². The van der Waals surface area contributed by atoms with Gasteiger partial charge in [0.1, 0.15) is 12.1 Å². The summed E-state index contributed by atoms with van der Waals surface area (Å²) in [4.78, 5) is 24.5. The Morgan fingerprint density at radius 3 is 2.54 bits per heavy atom. The number of hydrogen-bond acceptors (Lipinski definition) is 8. The lowest BCUT2D eigenvalue weighted by Crippen LogP contribution is -2.49. The Balaban J connectivity index is 1.58. The third-order valence-corrected chi connectivity index (χ3v) is 4.64. The molecule has 10 nitrogen and oxygen atoms in total. The summed E-state index contributed by atoms with van der Waals surface area (Å²) in [5.74, 6) is 1.48. The maximum Gasteiger partial charge on any atom is 0.409 e. The van der Waals surface area contributed by atoms with Crippen LogP contribution in [-0.4, -0.2) is 75.9 Å². The Hall–Kier alpha value is -3.43. The number of amides is 1. The number of carbonyl (C=O) groups excluding carboxylic acids is 1. The molecule has 3 heterocycles. The van der Waals surface area contributed by atoms with Gasteiger partial charge in [0, 0.05) is 26.2 Å². The first kappa shape index (κ1) is 18.0. The van der Waals surface area contributed by atoms with E-state index in [0.29, 0.717) is 49.8 Å². The van der Waals surface area contributed by atoms with Gasteiger partial charge in [-0.05, 0) is 31.2 Å². The van der Waals surface area contributed by atoms with Crippen molar-refractivity contribution in [1.82, 2.24) is 29.9 Å². The van der Waals surface area contributed by atoms with Gasteiger partial charge < -0.3 is 19.3 Å². The summed E-state index contributed by atoms with van der Waals surface area (Å²) in [5.41, 5.74) is 2.09. The highest BCUT2D eigenvalue weighted by Crippen LogP contribution is 2.24. The second kappa shape index (κ2) is 7.67. The van der Waals surface area contributed by atoms with Crippen molar-refractivity contribution >= 4 is 23.1 Å². The van der Waals surface area contributed by atoms with Gasteiger partial charge in [0.2, 0.25) is 0 Å². The minimum absolute atomic E-state index is 0.277. The topological polar surface area (TPSA) is 98.5 Å². The SMILES string of the molecule is CCOC(=O)N1CCN(c2ncnc3c2nnn3-c2ccc(OC)cc2)CC1. The Bertz CT molecular complexity index is 965.